The highest BCUT2D eigenvalue weighted by Crippen LogP contribution is 2.28. The van der Waals surface area contributed by atoms with Crippen molar-refractivity contribution >= 4 is 35.0 Å². The molecule has 2 aromatic heterocycles. The fourth-order valence-electron chi connectivity index (χ4n) is 5.15. The van der Waals surface area contributed by atoms with Crippen LogP contribution >= 0.6 is 0 Å². The molecule has 1 aliphatic rings. The van der Waals surface area contributed by atoms with Crippen molar-refractivity contribution in [2.75, 3.05) is 18.4 Å². The minimum atomic E-state index is -0.719. The van der Waals surface area contributed by atoms with Crippen LogP contribution in [0.2, 0.25) is 0 Å². The Labute approximate surface area is 266 Å². The number of ketones is 1. The van der Waals surface area contributed by atoms with E-state index in [-0.39, 0.29) is 47.9 Å². The summed E-state index contributed by atoms with van der Waals surface area (Å²) in [6.07, 6.45) is 7.61. The third-order valence-electron chi connectivity index (χ3n) is 7.31. The van der Waals surface area contributed by atoms with Crippen LogP contribution in [0.4, 0.5) is 5.69 Å². The number of rotatable bonds is 13. The molecule has 46 heavy (non-hydrogen) atoms. The second-order valence-electron chi connectivity index (χ2n) is 10.8. The van der Waals surface area contributed by atoms with E-state index in [0.29, 0.717) is 17.7 Å². The maximum absolute atomic E-state index is 14.2. The predicted molar refractivity (Wildman–Crippen MR) is 172 cm³/mol. The molecule has 2 heterocycles. The molecular weight excluding hydrogens is 590 g/mol. The van der Waals surface area contributed by atoms with Crippen LogP contribution in [0.5, 0.6) is 0 Å². The first-order chi connectivity index (χ1) is 22.1. The molecule has 0 fully saturated rings. The smallest absolute Gasteiger partial charge is 0.308 e. The van der Waals surface area contributed by atoms with Crippen LogP contribution in [0, 0.1) is 0 Å². The summed E-state index contributed by atoms with van der Waals surface area (Å²) < 4.78 is 7.93. The van der Waals surface area contributed by atoms with E-state index >= 15 is 0 Å². The SMILES string of the molecule is CCCCCCN(CC1=C(OC(C)=O)C(=O)CC=C1n1ccccc1=O)C(=O)Cn1c(-c2ccccc2)ncc(NC(C)=O)c1=O. The van der Waals surface area contributed by atoms with Crippen molar-refractivity contribution in [2.45, 2.75) is 59.4 Å². The number of anilines is 1. The average molecular weight is 628 g/mol. The normalized spacial score (nSPS) is 12.8. The van der Waals surface area contributed by atoms with E-state index in [1.54, 1.807) is 42.5 Å². The predicted octanol–water partition coefficient (Wildman–Crippen LogP) is 3.77. The first-order valence-corrected chi connectivity index (χ1v) is 15.1. The largest absolute Gasteiger partial charge is 0.422 e. The first-order valence-electron chi connectivity index (χ1n) is 15.1. The zero-order valence-corrected chi connectivity index (χ0v) is 26.2. The molecule has 0 aliphatic heterocycles. The number of allylic oxidation sites excluding steroid dienone is 2. The fourth-order valence-corrected chi connectivity index (χ4v) is 5.15. The van der Waals surface area contributed by atoms with Gasteiger partial charge in [-0.15, -0.1) is 0 Å². The molecule has 4 rings (SSSR count). The van der Waals surface area contributed by atoms with E-state index in [4.69, 9.17) is 4.74 Å². The van der Waals surface area contributed by atoms with Crippen molar-refractivity contribution in [1.29, 1.82) is 0 Å². The molecular formula is C34H37N5O7. The van der Waals surface area contributed by atoms with Gasteiger partial charge in [-0.25, -0.2) is 4.98 Å². The Balaban J connectivity index is 1.80. The molecule has 0 spiro atoms. The zero-order valence-electron chi connectivity index (χ0n) is 26.2. The summed E-state index contributed by atoms with van der Waals surface area (Å²) in [5.74, 6) is -2.14. The van der Waals surface area contributed by atoms with Crippen molar-refractivity contribution < 1.29 is 23.9 Å². The standard InChI is InChI=1S/C34H37N5O7/c1-4-5-6-11-18-37(21-26-28(38-19-12-10-15-30(38)43)16-17-29(42)32(26)46-24(3)41)31(44)22-39-33(25-13-8-7-9-14-25)35-20-27(34(39)45)36-23(2)40/h7-10,12-16,19-20H,4-6,11,17-18,21-22H2,1-3H3,(H,36,40). The van der Waals surface area contributed by atoms with Gasteiger partial charge in [0.1, 0.15) is 18.1 Å². The molecule has 2 amide bonds. The second kappa shape index (κ2) is 15.6. The number of unbranched alkanes of at least 4 members (excludes halogenated alkanes) is 3. The van der Waals surface area contributed by atoms with Gasteiger partial charge >= 0.3 is 5.97 Å². The van der Waals surface area contributed by atoms with E-state index in [0.717, 1.165) is 19.3 Å². The van der Waals surface area contributed by atoms with Crippen molar-refractivity contribution in [3.05, 3.63) is 99.0 Å². The molecule has 1 N–H and O–H groups in total. The summed E-state index contributed by atoms with van der Waals surface area (Å²) in [6.45, 7) is 4.14. The maximum Gasteiger partial charge on any atom is 0.308 e. The highest BCUT2D eigenvalue weighted by atomic mass is 16.5. The van der Waals surface area contributed by atoms with Gasteiger partial charge in [0.2, 0.25) is 17.6 Å². The number of esters is 1. The van der Waals surface area contributed by atoms with Crippen LogP contribution in [-0.4, -0.2) is 55.7 Å². The van der Waals surface area contributed by atoms with Crippen LogP contribution in [0.1, 0.15) is 52.9 Å². The summed E-state index contributed by atoms with van der Waals surface area (Å²) in [6, 6.07) is 13.5. The highest BCUT2D eigenvalue weighted by molar-refractivity contribution is 6.02. The number of ether oxygens (including phenoxy) is 1. The molecule has 0 bridgehead atoms. The minimum Gasteiger partial charge on any atom is -0.422 e. The maximum atomic E-state index is 14.2. The number of pyridine rings is 1. The number of aromatic nitrogens is 3. The monoisotopic (exact) mass is 627 g/mol. The van der Waals surface area contributed by atoms with Crippen LogP contribution in [0.15, 0.2) is 87.9 Å². The van der Waals surface area contributed by atoms with Gasteiger partial charge in [-0.05, 0) is 12.5 Å². The van der Waals surface area contributed by atoms with Crippen molar-refractivity contribution in [2.24, 2.45) is 0 Å². The van der Waals surface area contributed by atoms with Gasteiger partial charge in [-0.3, -0.25) is 37.9 Å². The molecule has 240 valence electrons. The third-order valence-corrected chi connectivity index (χ3v) is 7.31. The summed E-state index contributed by atoms with van der Waals surface area (Å²) in [5.41, 5.74) is 0.0353. The lowest BCUT2D eigenvalue weighted by Crippen LogP contribution is -2.41. The molecule has 0 radical (unpaired) electrons. The number of nitrogens with one attached hydrogen (secondary N) is 1. The third kappa shape index (κ3) is 8.20. The number of amides is 2. The molecule has 1 aromatic carbocycles. The number of nitrogens with zero attached hydrogens (tertiary/aromatic N) is 4. The van der Waals surface area contributed by atoms with Crippen molar-refractivity contribution in [1.82, 2.24) is 19.0 Å². The van der Waals surface area contributed by atoms with Gasteiger partial charge in [-0.1, -0.05) is 68.7 Å². The summed E-state index contributed by atoms with van der Waals surface area (Å²) in [7, 11) is 0. The van der Waals surface area contributed by atoms with Crippen molar-refractivity contribution in [3.63, 3.8) is 0 Å². The van der Waals surface area contributed by atoms with E-state index in [2.05, 4.69) is 17.2 Å². The van der Waals surface area contributed by atoms with Gasteiger partial charge in [0.05, 0.1) is 18.4 Å². The number of hydrogen-bond acceptors (Lipinski definition) is 8. The number of Topliss-reactive ketones (excluding diaryl/α,β-unsaturated/α-hetero) is 1. The van der Waals surface area contributed by atoms with Gasteiger partial charge < -0.3 is 15.0 Å². The molecule has 0 atom stereocenters. The van der Waals surface area contributed by atoms with Gasteiger partial charge in [-0.2, -0.15) is 0 Å². The molecule has 1 aliphatic carbocycles. The van der Waals surface area contributed by atoms with Crippen LogP contribution in [-0.2, 0) is 30.5 Å². The topological polar surface area (TPSA) is 150 Å². The molecule has 0 saturated carbocycles. The van der Waals surface area contributed by atoms with Crippen LogP contribution < -0.4 is 16.4 Å². The summed E-state index contributed by atoms with van der Waals surface area (Å²) in [5, 5.41) is 2.47. The summed E-state index contributed by atoms with van der Waals surface area (Å²) >= 11 is 0. The molecule has 12 nitrogen and oxygen atoms in total. The van der Waals surface area contributed by atoms with Gasteiger partial charge in [0.15, 0.2) is 5.76 Å². The number of carbonyl (C=O) groups is 4. The Morgan fingerprint density at radius 2 is 1.72 bits per heavy atom. The first kappa shape index (κ1) is 33.5. The van der Waals surface area contributed by atoms with Gasteiger partial charge in [0, 0.05) is 50.2 Å². The molecule has 0 unspecified atom stereocenters. The Morgan fingerprint density at radius 3 is 2.39 bits per heavy atom. The lowest BCUT2D eigenvalue weighted by molar-refractivity contribution is -0.140. The fraction of sp³-hybridized carbons (Fsp3) is 0.324. The Bertz CT molecular complexity index is 1800. The lowest BCUT2D eigenvalue weighted by Gasteiger charge is -2.29. The number of carbonyl (C=O) groups excluding carboxylic acids is 4. The van der Waals surface area contributed by atoms with E-state index in [1.165, 1.54) is 46.3 Å². The highest BCUT2D eigenvalue weighted by Gasteiger charge is 2.30. The van der Waals surface area contributed by atoms with E-state index < -0.39 is 35.7 Å². The van der Waals surface area contributed by atoms with Crippen molar-refractivity contribution in [3.8, 4) is 11.4 Å². The Morgan fingerprint density at radius 1 is 0.978 bits per heavy atom. The van der Waals surface area contributed by atoms with Crippen LogP contribution in [0.25, 0.3) is 17.1 Å². The Hall–Kier alpha value is -5.39. The zero-order chi connectivity index (χ0) is 33.2. The number of hydrogen-bond donors (Lipinski definition) is 1. The van der Waals surface area contributed by atoms with E-state index in [1.807, 2.05) is 6.07 Å². The Kier molecular flexibility index (Phi) is 11.3. The molecule has 3 aromatic rings. The van der Waals surface area contributed by atoms with Crippen LogP contribution in [0.3, 0.4) is 0 Å². The molecule has 0 saturated heterocycles. The molecule has 12 heteroatoms. The quantitative estimate of drug-likeness (QED) is 0.222. The van der Waals surface area contributed by atoms with Gasteiger partial charge in [0.25, 0.3) is 11.1 Å². The average Bonchev–Trinajstić information content (AvgIpc) is 3.02. The minimum absolute atomic E-state index is 0.0825. The summed E-state index contributed by atoms with van der Waals surface area (Å²) in [4.78, 5) is 83.5. The van der Waals surface area contributed by atoms with E-state index in [9.17, 15) is 28.8 Å². The number of benzene rings is 1. The lowest BCUT2D eigenvalue weighted by atomic mass is 9.98. The second-order valence-corrected chi connectivity index (χ2v) is 10.8.